The fraction of sp³-hybridized carbons (Fsp3) is 0.318. The van der Waals surface area contributed by atoms with Crippen LogP contribution in [0, 0.1) is 19.7 Å². The molecule has 0 aliphatic rings. The molecule has 27 heavy (non-hydrogen) atoms. The average molecular weight is 369 g/mol. The number of hydrogen-bond donors (Lipinski definition) is 1. The molecule has 2 aromatic rings. The summed E-state index contributed by atoms with van der Waals surface area (Å²) in [7, 11) is 1.56. The molecular formula is C22H28FN3O. The van der Waals surface area contributed by atoms with Crippen molar-refractivity contribution in [3.63, 3.8) is 0 Å². The second-order valence-corrected chi connectivity index (χ2v) is 6.54. The predicted octanol–water partition coefficient (Wildman–Crippen LogP) is 5.97. The van der Waals surface area contributed by atoms with Gasteiger partial charge < -0.3 is 15.0 Å². The molecular weight excluding hydrogens is 341 g/mol. The van der Waals surface area contributed by atoms with Gasteiger partial charge in [-0.1, -0.05) is 18.7 Å². The Labute approximate surface area is 161 Å². The molecule has 1 N–H and O–H groups in total. The second kappa shape index (κ2) is 8.71. The quantitative estimate of drug-likeness (QED) is 0.503. The zero-order valence-corrected chi connectivity index (χ0v) is 17.0. The van der Waals surface area contributed by atoms with Gasteiger partial charge in [-0.25, -0.2) is 9.38 Å². The molecule has 0 radical (unpaired) electrons. The van der Waals surface area contributed by atoms with E-state index < -0.39 is 0 Å². The fourth-order valence-electron chi connectivity index (χ4n) is 3.05. The molecule has 0 amide bonds. The maximum Gasteiger partial charge on any atom is 0.142 e. The van der Waals surface area contributed by atoms with E-state index in [0.29, 0.717) is 17.3 Å². The first-order valence-electron chi connectivity index (χ1n) is 8.97. The summed E-state index contributed by atoms with van der Waals surface area (Å²) in [4.78, 5) is 6.97. The zero-order chi connectivity index (χ0) is 20.1. The number of halogens is 1. The molecule has 2 rings (SSSR count). The number of methoxy groups -OCH3 is 1. The summed E-state index contributed by atoms with van der Waals surface area (Å²) < 4.78 is 18.9. The van der Waals surface area contributed by atoms with E-state index in [4.69, 9.17) is 9.73 Å². The van der Waals surface area contributed by atoms with E-state index in [-0.39, 0.29) is 5.82 Å². The van der Waals surface area contributed by atoms with Crippen LogP contribution in [0.1, 0.15) is 31.9 Å². The Morgan fingerprint density at radius 2 is 1.85 bits per heavy atom. The van der Waals surface area contributed by atoms with E-state index >= 15 is 0 Å². The highest BCUT2D eigenvalue weighted by molar-refractivity contribution is 5.98. The Kier molecular flexibility index (Phi) is 6.61. The van der Waals surface area contributed by atoms with E-state index in [1.807, 2.05) is 20.8 Å². The van der Waals surface area contributed by atoms with E-state index in [2.05, 4.69) is 42.8 Å². The third kappa shape index (κ3) is 4.67. The topological polar surface area (TPSA) is 36.9 Å². The fourth-order valence-corrected chi connectivity index (χ4v) is 3.05. The number of aryl methyl sites for hydroxylation is 2. The minimum absolute atomic E-state index is 0.335. The van der Waals surface area contributed by atoms with Gasteiger partial charge in [0.05, 0.1) is 24.2 Å². The van der Waals surface area contributed by atoms with Crippen molar-refractivity contribution >= 4 is 22.9 Å². The molecule has 0 heterocycles. The molecule has 0 atom stereocenters. The number of allylic oxidation sites excluding steroid dienone is 1. The van der Waals surface area contributed by atoms with Gasteiger partial charge in [0.1, 0.15) is 17.4 Å². The lowest BCUT2D eigenvalue weighted by Gasteiger charge is -2.27. The van der Waals surface area contributed by atoms with Crippen LogP contribution in [0.2, 0.25) is 0 Å². The Hall–Kier alpha value is -2.82. The van der Waals surface area contributed by atoms with E-state index in [1.165, 1.54) is 12.1 Å². The van der Waals surface area contributed by atoms with Gasteiger partial charge in [-0.2, -0.15) is 0 Å². The molecule has 0 unspecified atom stereocenters. The molecule has 0 aliphatic heterocycles. The monoisotopic (exact) mass is 369 g/mol. The maximum absolute atomic E-state index is 13.6. The van der Waals surface area contributed by atoms with Gasteiger partial charge >= 0.3 is 0 Å². The van der Waals surface area contributed by atoms with Crippen LogP contribution < -0.4 is 15.0 Å². The van der Waals surface area contributed by atoms with Crippen LogP contribution in [0.5, 0.6) is 5.75 Å². The molecule has 0 spiro atoms. The molecule has 0 saturated carbocycles. The van der Waals surface area contributed by atoms with Crippen molar-refractivity contribution in [2.24, 2.45) is 4.99 Å². The smallest absolute Gasteiger partial charge is 0.142 e. The predicted molar refractivity (Wildman–Crippen MR) is 113 cm³/mol. The molecule has 5 heteroatoms. The maximum atomic E-state index is 13.6. The lowest BCUT2D eigenvalue weighted by Crippen LogP contribution is -2.21. The highest BCUT2D eigenvalue weighted by Gasteiger charge is 2.16. The standard InChI is InChI=1S/C22H28FN3O/c1-8-26(14(2)3)22-16(5)10-9-15(4)21(22)25-17(6)24-19-13-18(23)11-12-20(19)27-7/h9-13H,2,8H2,1,3-7H3,(H,24,25). The SMILES string of the molecule is C=C(C)N(CC)c1c(C)ccc(C)c1N=C(C)Nc1cc(F)ccc1OC. The minimum atomic E-state index is -0.335. The Morgan fingerprint density at radius 3 is 2.44 bits per heavy atom. The van der Waals surface area contributed by atoms with Crippen LogP contribution in [0.4, 0.5) is 21.5 Å². The molecule has 2 aromatic carbocycles. The Bertz CT molecular complexity index is 874. The summed E-state index contributed by atoms with van der Waals surface area (Å²) in [5, 5.41) is 3.15. The molecule has 0 bridgehead atoms. The highest BCUT2D eigenvalue weighted by Crippen LogP contribution is 2.37. The van der Waals surface area contributed by atoms with Crippen LogP contribution in [0.15, 0.2) is 47.6 Å². The zero-order valence-electron chi connectivity index (χ0n) is 17.0. The third-order valence-electron chi connectivity index (χ3n) is 4.36. The molecule has 0 saturated heterocycles. The number of nitrogens with one attached hydrogen (secondary N) is 1. The largest absolute Gasteiger partial charge is 0.495 e. The van der Waals surface area contributed by atoms with Gasteiger partial charge in [0.25, 0.3) is 0 Å². The van der Waals surface area contributed by atoms with Crippen molar-refractivity contribution in [2.75, 3.05) is 23.9 Å². The minimum Gasteiger partial charge on any atom is -0.495 e. The first kappa shape index (κ1) is 20.5. The van der Waals surface area contributed by atoms with Gasteiger partial charge in [0.2, 0.25) is 0 Å². The molecule has 0 aromatic heterocycles. The summed E-state index contributed by atoms with van der Waals surface area (Å²) in [5.41, 5.74) is 5.60. The van der Waals surface area contributed by atoms with Crippen LogP contribution in [0.3, 0.4) is 0 Å². The summed E-state index contributed by atoms with van der Waals surface area (Å²) in [6, 6.07) is 8.50. The van der Waals surface area contributed by atoms with Gasteiger partial charge in [-0.15, -0.1) is 0 Å². The first-order valence-corrected chi connectivity index (χ1v) is 8.97. The molecule has 144 valence electrons. The van der Waals surface area contributed by atoms with Crippen molar-refractivity contribution in [3.05, 3.63) is 59.6 Å². The van der Waals surface area contributed by atoms with Gasteiger partial charge in [0, 0.05) is 18.3 Å². The molecule has 0 aliphatic carbocycles. The number of rotatable bonds is 6. The van der Waals surface area contributed by atoms with Gasteiger partial charge in [-0.3, -0.25) is 0 Å². The van der Waals surface area contributed by atoms with Gasteiger partial charge in [-0.05, 0) is 57.9 Å². The second-order valence-electron chi connectivity index (χ2n) is 6.54. The number of amidine groups is 1. The number of hydrogen-bond acceptors (Lipinski definition) is 3. The van der Waals surface area contributed by atoms with Crippen molar-refractivity contribution in [1.82, 2.24) is 0 Å². The average Bonchev–Trinajstić information content (AvgIpc) is 2.61. The van der Waals surface area contributed by atoms with Crippen molar-refractivity contribution in [2.45, 2.75) is 34.6 Å². The first-order chi connectivity index (χ1) is 12.8. The normalized spacial score (nSPS) is 11.3. The summed E-state index contributed by atoms with van der Waals surface area (Å²) in [6.45, 7) is 14.9. The number of ether oxygens (including phenoxy) is 1. The van der Waals surface area contributed by atoms with Crippen molar-refractivity contribution in [3.8, 4) is 5.75 Å². The van der Waals surface area contributed by atoms with E-state index in [1.54, 1.807) is 13.2 Å². The third-order valence-corrected chi connectivity index (χ3v) is 4.36. The summed E-state index contributed by atoms with van der Waals surface area (Å²) in [5.74, 6) is 0.869. The molecule has 4 nitrogen and oxygen atoms in total. The number of nitrogens with zero attached hydrogens (tertiary/aromatic N) is 2. The number of benzene rings is 2. The van der Waals surface area contributed by atoms with Crippen LogP contribution >= 0.6 is 0 Å². The summed E-state index contributed by atoms with van der Waals surface area (Å²) >= 11 is 0. The van der Waals surface area contributed by atoms with Gasteiger partial charge in [0.15, 0.2) is 0 Å². The van der Waals surface area contributed by atoms with Crippen molar-refractivity contribution < 1.29 is 9.13 Å². The van der Waals surface area contributed by atoms with Crippen LogP contribution in [0.25, 0.3) is 0 Å². The van der Waals surface area contributed by atoms with E-state index in [9.17, 15) is 4.39 Å². The lowest BCUT2D eigenvalue weighted by atomic mass is 10.1. The van der Waals surface area contributed by atoms with E-state index in [0.717, 1.165) is 34.7 Å². The van der Waals surface area contributed by atoms with Crippen molar-refractivity contribution in [1.29, 1.82) is 0 Å². The number of aliphatic imine (C=N–C) groups is 1. The highest BCUT2D eigenvalue weighted by atomic mass is 19.1. The van der Waals surface area contributed by atoms with Crippen LogP contribution in [-0.4, -0.2) is 19.5 Å². The lowest BCUT2D eigenvalue weighted by molar-refractivity contribution is 0.416. The summed E-state index contributed by atoms with van der Waals surface area (Å²) in [6.07, 6.45) is 0. The number of anilines is 2. The molecule has 0 fully saturated rings. The Morgan fingerprint density at radius 1 is 1.19 bits per heavy atom. The Balaban J connectivity index is 2.51. The van der Waals surface area contributed by atoms with Crippen LogP contribution in [-0.2, 0) is 0 Å².